The van der Waals surface area contributed by atoms with E-state index in [0.717, 1.165) is 48.7 Å². The van der Waals surface area contributed by atoms with Gasteiger partial charge in [0.25, 0.3) is 5.91 Å². The summed E-state index contributed by atoms with van der Waals surface area (Å²) in [5.74, 6) is 1.15. The topological polar surface area (TPSA) is 53.5 Å². The molecular formula is C23H27N3O2S. The average molecular weight is 410 g/mol. The molecule has 4 heterocycles. The molecule has 0 unspecified atom stereocenters. The second kappa shape index (κ2) is 7.56. The Bertz CT molecular complexity index is 912. The third-order valence-electron chi connectivity index (χ3n) is 6.90. The molecule has 2 aromatic rings. The molecular weight excluding hydrogens is 382 g/mol. The van der Waals surface area contributed by atoms with Crippen LogP contribution in [0.4, 0.5) is 0 Å². The Kier molecular flexibility index (Phi) is 4.90. The molecule has 3 aliphatic rings. The van der Waals surface area contributed by atoms with Crippen LogP contribution in [0.3, 0.4) is 0 Å². The van der Waals surface area contributed by atoms with Crippen molar-refractivity contribution in [3.05, 3.63) is 52.0 Å². The van der Waals surface area contributed by atoms with Gasteiger partial charge in [-0.2, -0.15) is 0 Å². The van der Waals surface area contributed by atoms with E-state index in [9.17, 15) is 9.59 Å². The molecule has 0 aliphatic carbocycles. The maximum atomic E-state index is 13.1. The predicted molar refractivity (Wildman–Crippen MR) is 113 cm³/mol. The summed E-state index contributed by atoms with van der Waals surface area (Å²) < 4.78 is 0. The first-order valence-corrected chi connectivity index (χ1v) is 11.5. The van der Waals surface area contributed by atoms with E-state index in [0.29, 0.717) is 24.2 Å². The quantitative estimate of drug-likeness (QED) is 0.779. The van der Waals surface area contributed by atoms with Gasteiger partial charge in [-0.1, -0.05) is 30.3 Å². The monoisotopic (exact) mass is 409 g/mol. The zero-order valence-corrected chi connectivity index (χ0v) is 17.6. The van der Waals surface area contributed by atoms with E-state index >= 15 is 0 Å². The van der Waals surface area contributed by atoms with Gasteiger partial charge in [0.1, 0.15) is 4.88 Å². The van der Waals surface area contributed by atoms with Gasteiger partial charge in [0.15, 0.2) is 0 Å². The third-order valence-corrected chi connectivity index (χ3v) is 7.80. The Morgan fingerprint density at radius 2 is 2.00 bits per heavy atom. The molecule has 0 saturated carbocycles. The van der Waals surface area contributed by atoms with Crippen LogP contribution in [0.25, 0.3) is 0 Å². The molecule has 5 rings (SSSR count). The molecule has 0 radical (unpaired) electrons. The standard InChI is InChI=1S/C23H27N3O2S/c1-15-24-12-21(29-15)23(28)25-13-17-11-18(14-25)20(10-16-6-3-2-4-7-16)26-19(17)8-5-9-22(26)27/h2-4,6-7,12,17-20H,5,8-11,13-14H2,1H3/t17-,18+,19+,20+/m1/s1. The van der Waals surface area contributed by atoms with Crippen LogP contribution in [-0.4, -0.2) is 51.8 Å². The number of piperidine rings is 3. The number of carbonyl (C=O) groups is 2. The van der Waals surface area contributed by atoms with Crippen LogP contribution in [0.15, 0.2) is 36.5 Å². The lowest BCUT2D eigenvalue weighted by Crippen LogP contribution is -2.66. The van der Waals surface area contributed by atoms with Gasteiger partial charge in [-0.3, -0.25) is 9.59 Å². The number of hydrogen-bond acceptors (Lipinski definition) is 4. The van der Waals surface area contributed by atoms with Crippen LogP contribution < -0.4 is 0 Å². The van der Waals surface area contributed by atoms with Crippen LogP contribution in [0.1, 0.15) is 45.9 Å². The molecule has 0 N–H and O–H groups in total. The fourth-order valence-electron chi connectivity index (χ4n) is 5.68. The molecule has 2 amide bonds. The van der Waals surface area contributed by atoms with Crippen molar-refractivity contribution in [1.82, 2.24) is 14.8 Å². The van der Waals surface area contributed by atoms with Gasteiger partial charge in [-0.15, -0.1) is 11.3 Å². The van der Waals surface area contributed by atoms with Crippen LogP contribution in [0.2, 0.25) is 0 Å². The summed E-state index contributed by atoms with van der Waals surface area (Å²) in [6.45, 7) is 3.44. The summed E-state index contributed by atoms with van der Waals surface area (Å²) in [6, 6.07) is 10.9. The van der Waals surface area contributed by atoms with Gasteiger partial charge in [0.2, 0.25) is 5.91 Å². The molecule has 3 fully saturated rings. The first-order chi connectivity index (χ1) is 14.1. The molecule has 0 spiro atoms. The summed E-state index contributed by atoms with van der Waals surface area (Å²) in [5, 5.41) is 0.927. The van der Waals surface area contributed by atoms with Gasteiger partial charge in [0.05, 0.1) is 11.2 Å². The van der Waals surface area contributed by atoms with E-state index in [-0.39, 0.29) is 18.0 Å². The maximum Gasteiger partial charge on any atom is 0.265 e. The SMILES string of the molecule is Cc1ncc(C(=O)N2C[C@H]3C[C@@H](C2)[C@H](Cc2ccccc2)N2C(=O)CCC[C@@H]32)s1. The van der Waals surface area contributed by atoms with Gasteiger partial charge >= 0.3 is 0 Å². The van der Waals surface area contributed by atoms with E-state index in [1.54, 1.807) is 6.20 Å². The molecule has 1 aromatic heterocycles. The summed E-state index contributed by atoms with van der Waals surface area (Å²) in [5.41, 5.74) is 1.27. The lowest BCUT2D eigenvalue weighted by molar-refractivity contribution is -0.151. The summed E-state index contributed by atoms with van der Waals surface area (Å²) in [7, 11) is 0. The number of aromatic nitrogens is 1. The minimum Gasteiger partial charge on any atom is -0.337 e. The number of benzene rings is 1. The average Bonchev–Trinajstić information content (AvgIpc) is 3.17. The highest BCUT2D eigenvalue weighted by Gasteiger charge is 2.50. The van der Waals surface area contributed by atoms with Crippen LogP contribution in [0.5, 0.6) is 0 Å². The fourth-order valence-corrected chi connectivity index (χ4v) is 6.42. The second-order valence-corrected chi connectivity index (χ2v) is 9.96. The summed E-state index contributed by atoms with van der Waals surface area (Å²) in [4.78, 5) is 35.4. The number of fused-ring (bicyclic) bond motifs is 4. The van der Waals surface area contributed by atoms with Crippen LogP contribution >= 0.6 is 11.3 Å². The zero-order valence-electron chi connectivity index (χ0n) is 16.8. The number of nitrogens with zero attached hydrogens (tertiary/aromatic N) is 3. The Labute approximate surface area is 175 Å². The van der Waals surface area contributed by atoms with E-state index < -0.39 is 0 Å². The van der Waals surface area contributed by atoms with Crippen molar-refractivity contribution in [3.8, 4) is 0 Å². The highest BCUT2D eigenvalue weighted by atomic mass is 32.1. The molecule has 6 heteroatoms. The van der Waals surface area contributed by atoms with Crippen molar-refractivity contribution in [2.24, 2.45) is 11.8 Å². The predicted octanol–water partition coefficient (Wildman–Crippen LogP) is 3.54. The highest BCUT2D eigenvalue weighted by molar-refractivity contribution is 7.13. The first kappa shape index (κ1) is 18.8. The van der Waals surface area contributed by atoms with Crippen molar-refractivity contribution in [1.29, 1.82) is 0 Å². The number of carbonyl (C=O) groups excluding carboxylic acids is 2. The molecule has 5 nitrogen and oxygen atoms in total. The summed E-state index contributed by atoms with van der Waals surface area (Å²) >= 11 is 1.48. The zero-order chi connectivity index (χ0) is 20.0. The minimum atomic E-state index is 0.111. The molecule has 3 saturated heterocycles. The van der Waals surface area contributed by atoms with E-state index in [1.165, 1.54) is 16.9 Å². The number of hydrogen-bond donors (Lipinski definition) is 0. The van der Waals surface area contributed by atoms with E-state index in [2.05, 4.69) is 34.1 Å². The molecule has 3 aliphatic heterocycles. The number of thiazole rings is 1. The molecule has 1 aromatic carbocycles. The van der Waals surface area contributed by atoms with Crippen molar-refractivity contribution < 1.29 is 9.59 Å². The lowest BCUT2D eigenvalue weighted by atomic mass is 9.70. The number of aryl methyl sites for hydroxylation is 1. The fraction of sp³-hybridized carbons (Fsp3) is 0.522. The normalized spacial score (nSPS) is 28.9. The summed E-state index contributed by atoms with van der Waals surface area (Å²) in [6.07, 6.45) is 6.42. The first-order valence-electron chi connectivity index (χ1n) is 10.7. The molecule has 152 valence electrons. The molecule has 29 heavy (non-hydrogen) atoms. The van der Waals surface area contributed by atoms with E-state index in [4.69, 9.17) is 0 Å². The minimum absolute atomic E-state index is 0.111. The second-order valence-electron chi connectivity index (χ2n) is 8.73. The van der Waals surface area contributed by atoms with Gasteiger partial charge in [-0.25, -0.2) is 4.98 Å². The lowest BCUT2D eigenvalue weighted by Gasteiger charge is -2.56. The number of amides is 2. The molecule has 4 atom stereocenters. The highest BCUT2D eigenvalue weighted by Crippen LogP contribution is 2.43. The number of rotatable bonds is 3. The van der Waals surface area contributed by atoms with Crippen molar-refractivity contribution in [2.75, 3.05) is 13.1 Å². The Hall–Kier alpha value is -2.21. The smallest absolute Gasteiger partial charge is 0.265 e. The van der Waals surface area contributed by atoms with Gasteiger partial charge < -0.3 is 9.80 Å². The maximum absolute atomic E-state index is 13.1. The van der Waals surface area contributed by atoms with Gasteiger partial charge in [-0.05, 0) is 50.0 Å². The Morgan fingerprint density at radius 1 is 1.21 bits per heavy atom. The third kappa shape index (κ3) is 3.48. The van der Waals surface area contributed by atoms with Crippen LogP contribution in [-0.2, 0) is 11.2 Å². The largest absolute Gasteiger partial charge is 0.337 e. The van der Waals surface area contributed by atoms with Crippen molar-refractivity contribution >= 4 is 23.2 Å². The van der Waals surface area contributed by atoms with Gasteiger partial charge in [0, 0.05) is 31.6 Å². The van der Waals surface area contributed by atoms with E-state index in [1.807, 2.05) is 17.9 Å². The Balaban J connectivity index is 1.44. The molecule has 2 bridgehead atoms. The van der Waals surface area contributed by atoms with Crippen molar-refractivity contribution in [2.45, 2.75) is 51.1 Å². The van der Waals surface area contributed by atoms with Crippen LogP contribution in [0, 0.1) is 18.8 Å². The Morgan fingerprint density at radius 3 is 2.76 bits per heavy atom. The van der Waals surface area contributed by atoms with Crippen molar-refractivity contribution in [3.63, 3.8) is 0 Å². The number of likely N-dealkylation sites (tertiary alicyclic amines) is 1.